The van der Waals surface area contributed by atoms with E-state index in [-0.39, 0.29) is 0 Å². The second kappa shape index (κ2) is 9.60. The van der Waals surface area contributed by atoms with E-state index >= 15 is 0 Å². The van der Waals surface area contributed by atoms with Crippen LogP contribution in [-0.4, -0.2) is 15.0 Å². The van der Waals surface area contributed by atoms with Gasteiger partial charge in [-0.1, -0.05) is 91.0 Å². The summed E-state index contributed by atoms with van der Waals surface area (Å²) in [4.78, 5) is 14.9. The van der Waals surface area contributed by atoms with Gasteiger partial charge in [-0.05, 0) is 41.5 Å². The van der Waals surface area contributed by atoms with E-state index < -0.39 is 0 Å². The van der Waals surface area contributed by atoms with Crippen LogP contribution in [-0.2, 0) is 0 Å². The third kappa shape index (κ3) is 4.23. The Kier molecular flexibility index (Phi) is 5.66. The molecule has 0 saturated heterocycles. The van der Waals surface area contributed by atoms with E-state index in [1.807, 2.05) is 54.6 Å². The van der Waals surface area contributed by atoms with Crippen LogP contribution >= 0.6 is 11.3 Å². The van der Waals surface area contributed by atoms with Gasteiger partial charge in [-0.15, -0.1) is 11.3 Å². The Bertz CT molecular complexity index is 2020. The van der Waals surface area contributed by atoms with Crippen molar-refractivity contribution >= 4 is 31.5 Å². The van der Waals surface area contributed by atoms with Crippen LogP contribution < -0.4 is 0 Å². The molecule has 0 fully saturated rings. The van der Waals surface area contributed by atoms with Gasteiger partial charge in [0.1, 0.15) is 0 Å². The molecule has 0 unspecified atom stereocenters. The predicted molar refractivity (Wildman–Crippen MR) is 159 cm³/mol. The van der Waals surface area contributed by atoms with E-state index in [0.717, 1.165) is 33.2 Å². The molecule has 0 radical (unpaired) electrons. The monoisotopic (exact) mass is 516 g/mol. The molecule has 2 heterocycles. The highest BCUT2D eigenvalue weighted by Gasteiger charge is 2.18. The van der Waals surface area contributed by atoms with Gasteiger partial charge in [0, 0.05) is 36.9 Å². The molecule has 7 aromatic rings. The minimum absolute atomic E-state index is 0.536. The Morgan fingerprint density at radius 2 is 1.15 bits per heavy atom. The molecule has 0 aliphatic rings. The van der Waals surface area contributed by atoms with Crippen LogP contribution in [0, 0.1) is 11.3 Å². The van der Waals surface area contributed by atoms with Gasteiger partial charge in [-0.25, -0.2) is 15.0 Å². The van der Waals surface area contributed by atoms with E-state index in [1.165, 1.54) is 14.8 Å². The number of aromatic nitrogens is 3. The summed E-state index contributed by atoms with van der Waals surface area (Å²) in [5.74, 6) is 1.73. The molecule has 182 valence electrons. The first-order valence-corrected chi connectivity index (χ1v) is 13.4. The predicted octanol–water partition coefficient (Wildman–Crippen LogP) is 8.78. The van der Waals surface area contributed by atoms with Crippen molar-refractivity contribution in [3.63, 3.8) is 0 Å². The van der Waals surface area contributed by atoms with Gasteiger partial charge in [-0.2, -0.15) is 5.26 Å². The van der Waals surface area contributed by atoms with Crippen molar-refractivity contribution < 1.29 is 0 Å². The van der Waals surface area contributed by atoms with Crippen LogP contribution in [0.15, 0.2) is 121 Å². The maximum absolute atomic E-state index is 9.51. The number of nitrogens with zero attached hydrogens (tertiary/aromatic N) is 4. The number of benzene rings is 5. The van der Waals surface area contributed by atoms with Gasteiger partial charge in [0.25, 0.3) is 0 Å². The van der Waals surface area contributed by atoms with Crippen LogP contribution in [0.5, 0.6) is 0 Å². The van der Waals surface area contributed by atoms with Crippen molar-refractivity contribution in [2.75, 3.05) is 0 Å². The zero-order chi connectivity index (χ0) is 26.2. The van der Waals surface area contributed by atoms with Crippen molar-refractivity contribution in [1.29, 1.82) is 5.26 Å². The first-order chi connectivity index (χ1) is 19.3. The van der Waals surface area contributed by atoms with Gasteiger partial charge in [-0.3, -0.25) is 0 Å². The van der Waals surface area contributed by atoms with E-state index in [9.17, 15) is 5.26 Å². The maximum atomic E-state index is 9.51. The molecule has 39 heavy (non-hydrogen) atoms. The molecule has 0 spiro atoms. The minimum Gasteiger partial charge on any atom is -0.208 e. The van der Waals surface area contributed by atoms with Gasteiger partial charge in [0.2, 0.25) is 0 Å². The Morgan fingerprint density at radius 3 is 1.92 bits per heavy atom. The van der Waals surface area contributed by atoms with Crippen LogP contribution in [0.25, 0.3) is 65.5 Å². The fourth-order valence-corrected chi connectivity index (χ4v) is 6.07. The highest BCUT2D eigenvalue weighted by Crippen LogP contribution is 2.42. The molecule has 0 aliphatic carbocycles. The van der Waals surface area contributed by atoms with Crippen molar-refractivity contribution in [2.45, 2.75) is 0 Å². The maximum Gasteiger partial charge on any atom is 0.164 e. The topological polar surface area (TPSA) is 62.5 Å². The Balaban J connectivity index is 1.55. The summed E-state index contributed by atoms with van der Waals surface area (Å²) in [5.41, 5.74) is 5.45. The SMILES string of the molecule is N#Cc1cccc(-c2nc(-c3ccccc3)nc(-c3cc(-c4ccccc4)cc4sc5ccccc5c34)n2)c1. The number of hydrogen-bond acceptors (Lipinski definition) is 5. The average Bonchev–Trinajstić information content (AvgIpc) is 3.40. The fraction of sp³-hybridized carbons (Fsp3) is 0. The molecule has 0 saturated carbocycles. The van der Waals surface area contributed by atoms with Gasteiger partial charge in [0.15, 0.2) is 17.5 Å². The first-order valence-electron chi connectivity index (χ1n) is 12.6. The van der Waals surface area contributed by atoms with Crippen molar-refractivity contribution in [3.05, 3.63) is 127 Å². The molecule has 0 aliphatic heterocycles. The second-order valence-corrected chi connectivity index (χ2v) is 10.3. The quantitative estimate of drug-likeness (QED) is 0.235. The molecule has 0 bridgehead atoms. The molecule has 5 heteroatoms. The number of hydrogen-bond donors (Lipinski definition) is 0. The largest absolute Gasteiger partial charge is 0.208 e. The molecule has 5 aromatic carbocycles. The van der Waals surface area contributed by atoms with Crippen molar-refractivity contribution in [2.24, 2.45) is 0 Å². The van der Waals surface area contributed by atoms with Crippen LogP contribution in [0.1, 0.15) is 5.56 Å². The standard InChI is InChI=1S/C34H20N4S/c35-21-22-10-9-15-25(18-22)33-36-32(24-13-5-2-6-14-24)37-34(38-33)28-19-26(23-11-3-1-4-12-23)20-30-31(28)27-16-7-8-17-29(27)39-30/h1-20H. The van der Waals surface area contributed by atoms with Gasteiger partial charge < -0.3 is 0 Å². The summed E-state index contributed by atoms with van der Waals surface area (Å²) in [7, 11) is 0. The third-order valence-electron chi connectivity index (χ3n) is 6.74. The Morgan fingerprint density at radius 1 is 0.513 bits per heavy atom. The number of nitriles is 1. The molecule has 0 atom stereocenters. The lowest BCUT2D eigenvalue weighted by Crippen LogP contribution is -2.00. The smallest absolute Gasteiger partial charge is 0.164 e. The molecule has 2 aromatic heterocycles. The molecule has 4 nitrogen and oxygen atoms in total. The first kappa shape index (κ1) is 23.0. The van der Waals surface area contributed by atoms with Crippen LogP contribution in [0.2, 0.25) is 0 Å². The normalized spacial score (nSPS) is 11.1. The number of fused-ring (bicyclic) bond motifs is 3. The Hall–Kier alpha value is -5.18. The Labute approximate surface area is 229 Å². The van der Waals surface area contributed by atoms with Gasteiger partial charge in [0.05, 0.1) is 11.6 Å². The van der Waals surface area contributed by atoms with Crippen LogP contribution in [0.3, 0.4) is 0 Å². The van der Waals surface area contributed by atoms with Crippen molar-refractivity contribution in [1.82, 2.24) is 15.0 Å². The lowest BCUT2D eigenvalue weighted by Gasteiger charge is -2.11. The average molecular weight is 517 g/mol. The molecular formula is C34H20N4S. The summed E-state index contributed by atoms with van der Waals surface area (Å²) < 4.78 is 2.40. The molecular weight excluding hydrogens is 496 g/mol. The third-order valence-corrected chi connectivity index (χ3v) is 7.86. The van der Waals surface area contributed by atoms with E-state index in [0.29, 0.717) is 23.0 Å². The molecule has 0 N–H and O–H groups in total. The summed E-state index contributed by atoms with van der Waals surface area (Å²) >= 11 is 1.78. The number of thiophene rings is 1. The van der Waals surface area contributed by atoms with E-state index in [2.05, 4.69) is 66.7 Å². The zero-order valence-electron chi connectivity index (χ0n) is 20.7. The number of rotatable bonds is 4. The highest BCUT2D eigenvalue weighted by molar-refractivity contribution is 7.26. The van der Waals surface area contributed by atoms with Crippen molar-refractivity contribution in [3.8, 4) is 51.4 Å². The highest BCUT2D eigenvalue weighted by atomic mass is 32.1. The fourth-order valence-electron chi connectivity index (χ4n) is 4.90. The van der Waals surface area contributed by atoms with E-state index in [1.54, 1.807) is 17.4 Å². The molecule has 0 amide bonds. The minimum atomic E-state index is 0.536. The second-order valence-electron chi connectivity index (χ2n) is 9.23. The lowest BCUT2D eigenvalue weighted by atomic mass is 9.98. The lowest BCUT2D eigenvalue weighted by molar-refractivity contribution is 1.08. The molecule has 7 rings (SSSR count). The van der Waals surface area contributed by atoms with Gasteiger partial charge >= 0.3 is 0 Å². The zero-order valence-corrected chi connectivity index (χ0v) is 21.6. The summed E-state index contributed by atoms with van der Waals surface area (Å²) in [5, 5.41) is 11.8. The van der Waals surface area contributed by atoms with E-state index in [4.69, 9.17) is 15.0 Å². The summed E-state index contributed by atoms with van der Waals surface area (Å²) in [6.45, 7) is 0. The summed E-state index contributed by atoms with van der Waals surface area (Å²) in [6.07, 6.45) is 0. The summed E-state index contributed by atoms with van der Waals surface area (Å²) in [6, 6.07) is 42.9. The van der Waals surface area contributed by atoms with Crippen LogP contribution in [0.4, 0.5) is 0 Å².